The highest BCUT2D eigenvalue weighted by molar-refractivity contribution is 7.59. The van der Waals surface area contributed by atoms with Gasteiger partial charge < -0.3 is 19.1 Å². The highest BCUT2D eigenvalue weighted by Gasteiger charge is 2.27. The zero-order valence-electron chi connectivity index (χ0n) is 15.1. The molecule has 0 aliphatic carbocycles. The van der Waals surface area contributed by atoms with Gasteiger partial charge in [-0.1, -0.05) is 12.1 Å². The summed E-state index contributed by atoms with van der Waals surface area (Å²) in [5.41, 5.74) is 0. The molecule has 3 heterocycles. The number of fused-ring (bicyclic) bond motifs is 1. The van der Waals surface area contributed by atoms with Crippen LogP contribution in [0.3, 0.4) is 0 Å². The molecule has 2 fully saturated rings. The summed E-state index contributed by atoms with van der Waals surface area (Å²) in [6.07, 6.45) is 3.41. The molecule has 3 aliphatic heterocycles. The highest BCUT2D eigenvalue weighted by atomic mass is 32.1. The molecule has 0 radical (unpaired) electrons. The quantitative estimate of drug-likeness (QED) is 0.786. The Morgan fingerprint density at radius 3 is 2.54 bits per heavy atom. The third-order valence-electron chi connectivity index (χ3n) is 5.39. The van der Waals surface area contributed by atoms with Gasteiger partial charge in [0.1, 0.15) is 19.3 Å². The van der Waals surface area contributed by atoms with Gasteiger partial charge in [0.05, 0.1) is 6.54 Å². The van der Waals surface area contributed by atoms with Crippen LogP contribution in [0.4, 0.5) is 4.79 Å². The average molecular weight is 381 g/mol. The van der Waals surface area contributed by atoms with Crippen molar-refractivity contribution in [1.29, 1.82) is 0 Å². The van der Waals surface area contributed by atoms with E-state index in [1.807, 2.05) is 29.2 Å². The van der Waals surface area contributed by atoms with E-state index in [1.54, 1.807) is 0 Å². The fourth-order valence-electron chi connectivity index (χ4n) is 3.87. The number of hydrogen-bond acceptors (Lipinski definition) is 5. The summed E-state index contributed by atoms with van der Waals surface area (Å²) in [4.78, 5) is 15.8. The van der Waals surface area contributed by atoms with E-state index in [0.717, 1.165) is 50.6 Å². The second-order valence-corrected chi connectivity index (χ2v) is 7.13. The molecule has 0 spiro atoms. The third kappa shape index (κ3) is 4.57. The first-order valence-corrected chi connectivity index (χ1v) is 9.30. The van der Waals surface area contributed by atoms with Crippen LogP contribution in [0.25, 0.3) is 0 Å². The van der Waals surface area contributed by atoms with E-state index in [9.17, 15) is 4.79 Å². The molecule has 144 valence electrons. The number of ether oxygens (including phenoxy) is 3. The lowest BCUT2D eigenvalue weighted by Gasteiger charge is -2.36. The lowest BCUT2D eigenvalue weighted by Crippen LogP contribution is -2.44. The molecule has 0 bridgehead atoms. The Hall–Kier alpha value is -1.60. The minimum absolute atomic E-state index is 0. The van der Waals surface area contributed by atoms with Crippen molar-refractivity contribution in [3.63, 3.8) is 0 Å². The van der Waals surface area contributed by atoms with E-state index in [0.29, 0.717) is 19.1 Å². The van der Waals surface area contributed by atoms with E-state index in [4.69, 9.17) is 14.2 Å². The molecule has 1 amide bonds. The maximum Gasteiger partial charge on any atom is 0.409 e. The fourth-order valence-corrected chi connectivity index (χ4v) is 3.87. The van der Waals surface area contributed by atoms with E-state index in [1.165, 1.54) is 12.8 Å². The monoisotopic (exact) mass is 380 g/mol. The molecule has 1 aromatic carbocycles. The third-order valence-corrected chi connectivity index (χ3v) is 5.39. The number of carbonyl (C=O) groups excluding carboxylic acids is 1. The number of nitrogens with zero attached hydrogens (tertiary/aromatic N) is 2. The van der Waals surface area contributed by atoms with Gasteiger partial charge in [-0.25, -0.2) is 4.79 Å². The van der Waals surface area contributed by atoms with Crippen molar-refractivity contribution in [3.05, 3.63) is 24.3 Å². The average Bonchev–Trinajstić information content (AvgIpc) is 3.06. The second-order valence-electron chi connectivity index (χ2n) is 7.13. The molecule has 7 heteroatoms. The molecule has 4 rings (SSSR count). The lowest BCUT2D eigenvalue weighted by molar-refractivity contribution is 0.0467. The van der Waals surface area contributed by atoms with Crippen molar-refractivity contribution in [2.24, 2.45) is 5.92 Å². The van der Waals surface area contributed by atoms with Gasteiger partial charge in [-0.2, -0.15) is 13.5 Å². The van der Waals surface area contributed by atoms with Crippen LogP contribution >= 0.6 is 13.5 Å². The molecular formula is C19H28N2O4S. The first-order valence-electron chi connectivity index (χ1n) is 9.30. The number of amides is 1. The first kappa shape index (κ1) is 19.2. The Balaban J connectivity index is 0.00000196. The Bertz CT molecular complexity index is 607. The van der Waals surface area contributed by atoms with Crippen molar-refractivity contribution in [2.45, 2.75) is 25.4 Å². The zero-order valence-corrected chi connectivity index (χ0v) is 16.1. The van der Waals surface area contributed by atoms with Crippen LogP contribution in [0, 0.1) is 5.92 Å². The molecule has 6 nitrogen and oxygen atoms in total. The summed E-state index contributed by atoms with van der Waals surface area (Å²) in [6, 6.07) is 7.87. The van der Waals surface area contributed by atoms with Crippen molar-refractivity contribution in [2.75, 3.05) is 45.9 Å². The van der Waals surface area contributed by atoms with Crippen LogP contribution in [-0.4, -0.2) is 67.9 Å². The van der Waals surface area contributed by atoms with Gasteiger partial charge in [0.25, 0.3) is 0 Å². The normalized spacial score (nSPS) is 23.5. The van der Waals surface area contributed by atoms with Crippen LogP contribution in [0.15, 0.2) is 24.3 Å². The molecule has 3 aliphatic rings. The Kier molecular flexibility index (Phi) is 6.53. The van der Waals surface area contributed by atoms with E-state index >= 15 is 0 Å². The van der Waals surface area contributed by atoms with Crippen molar-refractivity contribution >= 4 is 19.6 Å². The van der Waals surface area contributed by atoms with Gasteiger partial charge >= 0.3 is 6.09 Å². The number of carbonyl (C=O) groups is 1. The number of hydrogen-bond donors (Lipinski definition) is 0. The van der Waals surface area contributed by atoms with E-state index < -0.39 is 0 Å². The van der Waals surface area contributed by atoms with Crippen LogP contribution < -0.4 is 9.47 Å². The van der Waals surface area contributed by atoms with Crippen molar-refractivity contribution < 1.29 is 19.0 Å². The van der Waals surface area contributed by atoms with Crippen molar-refractivity contribution in [3.8, 4) is 11.5 Å². The number of piperidine rings is 1. The van der Waals surface area contributed by atoms with Gasteiger partial charge in [0.15, 0.2) is 11.5 Å². The van der Waals surface area contributed by atoms with Crippen LogP contribution in [0.1, 0.15) is 19.3 Å². The van der Waals surface area contributed by atoms with Crippen LogP contribution in [0.2, 0.25) is 0 Å². The maximum absolute atomic E-state index is 11.5. The molecule has 0 N–H and O–H groups in total. The predicted molar refractivity (Wildman–Crippen MR) is 103 cm³/mol. The Morgan fingerprint density at radius 1 is 1.04 bits per heavy atom. The summed E-state index contributed by atoms with van der Waals surface area (Å²) in [6.45, 7) is 5.85. The number of rotatable bonds is 5. The maximum atomic E-state index is 11.5. The van der Waals surface area contributed by atoms with Gasteiger partial charge in [-0.3, -0.25) is 4.90 Å². The van der Waals surface area contributed by atoms with Gasteiger partial charge in [0.2, 0.25) is 0 Å². The van der Waals surface area contributed by atoms with E-state index in [-0.39, 0.29) is 25.7 Å². The lowest BCUT2D eigenvalue weighted by atomic mass is 9.93. The summed E-state index contributed by atoms with van der Waals surface area (Å²) in [5.74, 6) is 2.40. The fraction of sp³-hybridized carbons (Fsp3) is 0.632. The molecule has 0 unspecified atom stereocenters. The summed E-state index contributed by atoms with van der Waals surface area (Å²) < 4.78 is 16.9. The molecule has 1 aromatic rings. The SMILES string of the molecule is O=C1OCCN1CCC1CCN(C[C@H]2COc3ccccc3O2)CC1.S. The van der Waals surface area contributed by atoms with Crippen LogP contribution in [0.5, 0.6) is 11.5 Å². The van der Waals surface area contributed by atoms with Crippen LogP contribution in [-0.2, 0) is 4.74 Å². The standard InChI is InChI=1S/C19H26N2O4.H2S/c22-19-21(11-12-23-19)10-7-15-5-8-20(9-6-15)13-16-14-24-17-3-1-2-4-18(17)25-16;/h1-4,15-16H,5-14H2;1H2/t16-;/m0./s1. The zero-order chi connectivity index (χ0) is 17.1. The second kappa shape index (κ2) is 8.86. The Labute approximate surface area is 161 Å². The minimum atomic E-state index is -0.146. The largest absolute Gasteiger partial charge is 0.486 e. The first-order chi connectivity index (χ1) is 12.3. The highest BCUT2D eigenvalue weighted by Crippen LogP contribution is 2.31. The Morgan fingerprint density at radius 2 is 1.81 bits per heavy atom. The summed E-state index contributed by atoms with van der Waals surface area (Å²) in [7, 11) is 0. The predicted octanol–water partition coefficient (Wildman–Crippen LogP) is 2.49. The molecule has 2 saturated heterocycles. The number of benzene rings is 1. The molecule has 1 atom stereocenters. The van der Waals surface area contributed by atoms with Gasteiger partial charge in [-0.15, -0.1) is 0 Å². The smallest absolute Gasteiger partial charge is 0.409 e. The summed E-state index contributed by atoms with van der Waals surface area (Å²) in [5, 5.41) is 0. The molecular weight excluding hydrogens is 352 g/mol. The molecule has 0 saturated carbocycles. The van der Waals surface area contributed by atoms with E-state index in [2.05, 4.69) is 4.90 Å². The summed E-state index contributed by atoms with van der Waals surface area (Å²) >= 11 is 0. The topological polar surface area (TPSA) is 51.2 Å². The van der Waals surface area contributed by atoms with Gasteiger partial charge in [-0.05, 0) is 50.4 Å². The van der Waals surface area contributed by atoms with Gasteiger partial charge in [0, 0.05) is 13.1 Å². The number of cyclic esters (lactones) is 1. The molecule has 26 heavy (non-hydrogen) atoms. The minimum Gasteiger partial charge on any atom is -0.486 e. The number of para-hydroxylation sites is 2. The number of likely N-dealkylation sites (tertiary alicyclic amines) is 1. The molecule has 0 aromatic heterocycles. The van der Waals surface area contributed by atoms with Crippen molar-refractivity contribution in [1.82, 2.24) is 9.80 Å².